The number of carbonyl (C=O) groups excluding carboxylic acids is 1. The standard InChI is InChI=1S/C10H14ClN3O/c1-13-10(11)6-8(12-13)9-4-2-3-5-14(9)7-15/h6-7,9H,2-5H2,1H3/t9-/m1/s1. The van der Waals surface area contributed by atoms with Crippen molar-refractivity contribution in [3.63, 3.8) is 0 Å². The van der Waals surface area contributed by atoms with Gasteiger partial charge in [0.05, 0.1) is 11.7 Å². The summed E-state index contributed by atoms with van der Waals surface area (Å²) in [6, 6.07) is 1.95. The van der Waals surface area contributed by atoms with E-state index >= 15 is 0 Å². The second-order valence-corrected chi connectivity index (χ2v) is 4.26. The molecule has 1 amide bonds. The lowest BCUT2D eigenvalue weighted by atomic mass is 10.0. The van der Waals surface area contributed by atoms with E-state index in [1.54, 1.807) is 11.7 Å². The number of rotatable bonds is 2. The molecule has 1 aliphatic rings. The van der Waals surface area contributed by atoms with Crippen LogP contribution in [-0.4, -0.2) is 27.6 Å². The van der Waals surface area contributed by atoms with Gasteiger partial charge in [-0.2, -0.15) is 5.10 Å². The summed E-state index contributed by atoms with van der Waals surface area (Å²) >= 11 is 5.93. The number of aromatic nitrogens is 2. The molecule has 0 radical (unpaired) electrons. The van der Waals surface area contributed by atoms with E-state index in [1.165, 1.54) is 0 Å². The van der Waals surface area contributed by atoms with Gasteiger partial charge >= 0.3 is 0 Å². The highest BCUT2D eigenvalue weighted by Crippen LogP contribution is 2.29. The maximum atomic E-state index is 10.9. The second-order valence-electron chi connectivity index (χ2n) is 3.87. The van der Waals surface area contributed by atoms with Crippen LogP contribution in [-0.2, 0) is 11.8 Å². The Labute approximate surface area is 93.8 Å². The van der Waals surface area contributed by atoms with Crippen molar-refractivity contribution in [2.24, 2.45) is 7.05 Å². The molecule has 0 spiro atoms. The number of likely N-dealkylation sites (tertiary alicyclic amines) is 1. The van der Waals surface area contributed by atoms with Gasteiger partial charge in [-0.15, -0.1) is 0 Å². The average molecular weight is 228 g/mol. The number of piperidine rings is 1. The lowest BCUT2D eigenvalue weighted by Gasteiger charge is -2.31. The number of amides is 1. The van der Waals surface area contributed by atoms with Gasteiger partial charge in [0.15, 0.2) is 0 Å². The molecule has 1 aromatic rings. The van der Waals surface area contributed by atoms with Gasteiger partial charge in [0, 0.05) is 19.7 Å². The van der Waals surface area contributed by atoms with E-state index in [0.717, 1.165) is 37.9 Å². The van der Waals surface area contributed by atoms with E-state index in [9.17, 15) is 4.79 Å². The smallest absolute Gasteiger partial charge is 0.210 e. The van der Waals surface area contributed by atoms with Gasteiger partial charge < -0.3 is 4.90 Å². The number of hydrogen-bond donors (Lipinski definition) is 0. The summed E-state index contributed by atoms with van der Waals surface area (Å²) in [6.45, 7) is 0.822. The minimum Gasteiger partial charge on any atom is -0.337 e. The Morgan fingerprint density at radius 1 is 1.60 bits per heavy atom. The minimum atomic E-state index is 0.106. The van der Waals surface area contributed by atoms with Gasteiger partial charge in [-0.3, -0.25) is 9.48 Å². The summed E-state index contributed by atoms with van der Waals surface area (Å²) in [5.74, 6) is 0. The topological polar surface area (TPSA) is 38.1 Å². The molecule has 1 aromatic heterocycles. The zero-order chi connectivity index (χ0) is 10.8. The molecule has 4 nitrogen and oxygen atoms in total. The van der Waals surface area contributed by atoms with Crippen LogP contribution in [0.3, 0.4) is 0 Å². The van der Waals surface area contributed by atoms with E-state index < -0.39 is 0 Å². The quantitative estimate of drug-likeness (QED) is 0.722. The molecule has 0 aliphatic carbocycles. The van der Waals surface area contributed by atoms with Crippen molar-refractivity contribution < 1.29 is 4.79 Å². The van der Waals surface area contributed by atoms with Crippen LogP contribution in [0.2, 0.25) is 5.15 Å². The Morgan fingerprint density at radius 2 is 2.40 bits per heavy atom. The third kappa shape index (κ3) is 2.00. The van der Waals surface area contributed by atoms with Gasteiger partial charge in [0.1, 0.15) is 5.15 Å². The second kappa shape index (κ2) is 4.23. The van der Waals surface area contributed by atoms with Crippen LogP contribution in [0.4, 0.5) is 0 Å². The molecule has 1 saturated heterocycles. The Bertz CT molecular complexity index is 344. The largest absolute Gasteiger partial charge is 0.337 e. The first kappa shape index (κ1) is 10.5. The van der Waals surface area contributed by atoms with Crippen molar-refractivity contribution in [1.29, 1.82) is 0 Å². The van der Waals surface area contributed by atoms with Gasteiger partial charge in [-0.25, -0.2) is 0 Å². The summed E-state index contributed by atoms with van der Waals surface area (Å²) < 4.78 is 1.63. The Morgan fingerprint density at radius 3 is 3.00 bits per heavy atom. The first-order valence-electron chi connectivity index (χ1n) is 5.13. The highest BCUT2D eigenvalue weighted by atomic mass is 35.5. The molecule has 0 N–H and O–H groups in total. The molecule has 0 unspecified atom stereocenters. The maximum absolute atomic E-state index is 10.9. The monoisotopic (exact) mass is 227 g/mol. The zero-order valence-electron chi connectivity index (χ0n) is 8.69. The number of aryl methyl sites for hydroxylation is 1. The Balaban J connectivity index is 2.23. The summed E-state index contributed by atoms with van der Waals surface area (Å²) in [5, 5.41) is 4.93. The fraction of sp³-hybridized carbons (Fsp3) is 0.600. The molecule has 2 rings (SSSR count). The lowest BCUT2D eigenvalue weighted by Crippen LogP contribution is -2.32. The van der Waals surface area contributed by atoms with Crippen molar-refractivity contribution >= 4 is 18.0 Å². The molecule has 0 saturated carbocycles. The Hall–Kier alpha value is -1.03. The van der Waals surface area contributed by atoms with Crippen LogP contribution >= 0.6 is 11.6 Å². The molecule has 2 heterocycles. The average Bonchev–Trinajstić information content (AvgIpc) is 2.59. The molecule has 1 atom stereocenters. The van der Waals surface area contributed by atoms with Gasteiger partial charge in [-0.05, 0) is 19.3 Å². The molecular formula is C10H14ClN3O. The van der Waals surface area contributed by atoms with E-state index in [1.807, 2.05) is 11.0 Å². The fourth-order valence-electron chi connectivity index (χ4n) is 2.03. The molecule has 5 heteroatoms. The maximum Gasteiger partial charge on any atom is 0.210 e. The molecule has 82 valence electrons. The number of nitrogens with zero attached hydrogens (tertiary/aromatic N) is 3. The van der Waals surface area contributed by atoms with Crippen molar-refractivity contribution in [3.05, 3.63) is 16.9 Å². The number of hydrogen-bond acceptors (Lipinski definition) is 2. The first-order chi connectivity index (χ1) is 7.22. The van der Waals surface area contributed by atoms with E-state index in [0.29, 0.717) is 5.15 Å². The van der Waals surface area contributed by atoms with Crippen molar-refractivity contribution in [1.82, 2.24) is 14.7 Å². The molecule has 15 heavy (non-hydrogen) atoms. The SMILES string of the molecule is Cn1nc([C@H]2CCCCN2C=O)cc1Cl. The van der Waals surface area contributed by atoms with Crippen molar-refractivity contribution in [3.8, 4) is 0 Å². The highest BCUT2D eigenvalue weighted by molar-refractivity contribution is 6.29. The third-order valence-electron chi connectivity index (χ3n) is 2.86. The minimum absolute atomic E-state index is 0.106. The molecule has 1 aliphatic heterocycles. The van der Waals surface area contributed by atoms with Gasteiger partial charge in [0.2, 0.25) is 6.41 Å². The highest BCUT2D eigenvalue weighted by Gasteiger charge is 2.25. The van der Waals surface area contributed by atoms with Gasteiger partial charge in [0.25, 0.3) is 0 Å². The van der Waals surface area contributed by atoms with Crippen LogP contribution in [0.25, 0.3) is 0 Å². The molecule has 1 fully saturated rings. The normalized spacial score (nSPS) is 21.7. The summed E-state index contributed by atoms with van der Waals surface area (Å²) in [6.07, 6.45) is 4.11. The molecule has 0 bridgehead atoms. The molecular weight excluding hydrogens is 214 g/mol. The summed E-state index contributed by atoms with van der Waals surface area (Å²) in [5.41, 5.74) is 0.898. The Kier molecular flexibility index (Phi) is 2.95. The van der Waals surface area contributed by atoms with Crippen molar-refractivity contribution in [2.45, 2.75) is 25.3 Å². The lowest BCUT2D eigenvalue weighted by molar-refractivity contribution is -0.121. The number of carbonyl (C=O) groups is 1. The van der Waals surface area contributed by atoms with E-state index in [4.69, 9.17) is 11.6 Å². The van der Waals surface area contributed by atoms with Crippen LogP contribution < -0.4 is 0 Å². The van der Waals surface area contributed by atoms with Crippen LogP contribution in [0.1, 0.15) is 31.0 Å². The van der Waals surface area contributed by atoms with E-state index in [2.05, 4.69) is 5.10 Å². The predicted molar refractivity (Wildman–Crippen MR) is 57.6 cm³/mol. The molecule has 0 aromatic carbocycles. The van der Waals surface area contributed by atoms with Crippen LogP contribution in [0.5, 0.6) is 0 Å². The first-order valence-corrected chi connectivity index (χ1v) is 5.50. The summed E-state index contributed by atoms with van der Waals surface area (Å²) in [4.78, 5) is 12.7. The van der Waals surface area contributed by atoms with Crippen molar-refractivity contribution in [2.75, 3.05) is 6.54 Å². The summed E-state index contributed by atoms with van der Waals surface area (Å²) in [7, 11) is 1.81. The zero-order valence-corrected chi connectivity index (χ0v) is 9.44. The fourth-order valence-corrected chi connectivity index (χ4v) is 2.18. The van der Waals surface area contributed by atoms with Crippen LogP contribution in [0, 0.1) is 0 Å². The van der Waals surface area contributed by atoms with Crippen LogP contribution in [0.15, 0.2) is 6.07 Å². The van der Waals surface area contributed by atoms with E-state index in [-0.39, 0.29) is 6.04 Å². The number of halogens is 1. The third-order valence-corrected chi connectivity index (χ3v) is 3.22. The predicted octanol–water partition coefficient (Wildman–Crippen LogP) is 1.76. The van der Waals surface area contributed by atoms with Gasteiger partial charge in [-0.1, -0.05) is 11.6 Å².